The number of H-pyrrole nitrogens is 1. The van der Waals surface area contributed by atoms with E-state index in [-0.39, 0.29) is 28.3 Å². The molecular weight excluding hydrogens is 399 g/mol. The molecular formula is C20H14F3N5O2. The molecule has 0 saturated heterocycles. The number of benzene rings is 1. The molecule has 0 saturated carbocycles. The highest BCUT2D eigenvalue weighted by Crippen LogP contribution is 2.36. The lowest BCUT2D eigenvalue weighted by atomic mass is 10.0. The van der Waals surface area contributed by atoms with E-state index in [2.05, 4.69) is 20.4 Å². The van der Waals surface area contributed by atoms with E-state index >= 15 is 0 Å². The molecule has 0 fully saturated rings. The quantitative estimate of drug-likeness (QED) is 0.536. The molecule has 1 amide bonds. The van der Waals surface area contributed by atoms with Crippen LogP contribution in [-0.2, 0) is 6.18 Å². The summed E-state index contributed by atoms with van der Waals surface area (Å²) in [6, 6.07) is 9.06. The Morgan fingerprint density at radius 1 is 1.13 bits per heavy atom. The zero-order chi connectivity index (χ0) is 21.5. The van der Waals surface area contributed by atoms with Crippen LogP contribution < -0.4 is 10.7 Å². The predicted octanol–water partition coefficient (Wildman–Crippen LogP) is 3.66. The molecule has 0 bridgehead atoms. The summed E-state index contributed by atoms with van der Waals surface area (Å²) >= 11 is 0. The zero-order valence-electron chi connectivity index (χ0n) is 15.5. The first kappa shape index (κ1) is 19.4. The minimum atomic E-state index is -4.62. The van der Waals surface area contributed by atoms with E-state index in [0.29, 0.717) is 5.69 Å². The number of carbonyl (C=O) groups excluding carboxylic acids is 1. The molecule has 4 rings (SSSR count). The van der Waals surface area contributed by atoms with Gasteiger partial charge in [-0.25, -0.2) is 9.50 Å². The van der Waals surface area contributed by atoms with Crippen LogP contribution >= 0.6 is 0 Å². The Hall–Kier alpha value is -3.95. The van der Waals surface area contributed by atoms with Gasteiger partial charge >= 0.3 is 6.18 Å². The van der Waals surface area contributed by atoms with Gasteiger partial charge in [0.25, 0.3) is 5.91 Å². The number of fused-ring (bicyclic) bond motifs is 1. The molecule has 0 aliphatic rings. The van der Waals surface area contributed by atoms with Gasteiger partial charge in [-0.1, -0.05) is 18.2 Å². The number of anilines is 1. The Labute approximate surface area is 167 Å². The Bertz CT molecular complexity index is 1310. The number of nitrogens with zero attached hydrogens (tertiary/aromatic N) is 3. The Morgan fingerprint density at radius 3 is 2.53 bits per heavy atom. The number of alkyl halides is 3. The maximum Gasteiger partial charge on any atom is 0.417 e. The summed E-state index contributed by atoms with van der Waals surface area (Å²) in [6.07, 6.45) is -1.63. The van der Waals surface area contributed by atoms with Gasteiger partial charge in [-0.15, -0.1) is 0 Å². The average Bonchev–Trinajstić information content (AvgIpc) is 3.04. The number of rotatable bonds is 3. The summed E-state index contributed by atoms with van der Waals surface area (Å²) in [5.41, 5.74) is -1.20. The molecule has 0 spiro atoms. The maximum absolute atomic E-state index is 13.4. The first-order valence-electron chi connectivity index (χ1n) is 8.76. The number of carbonyl (C=O) groups is 1. The fourth-order valence-corrected chi connectivity index (χ4v) is 3.15. The summed E-state index contributed by atoms with van der Waals surface area (Å²) in [5, 5.41) is 5.38. The van der Waals surface area contributed by atoms with Crippen molar-refractivity contribution >= 4 is 17.2 Å². The topological polar surface area (TPSA) is 92.1 Å². The summed E-state index contributed by atoms with van der Waals surface area (Å²) in [7, 11) is 0. The van der Waals surface area contributed by atoms with Gasteiger partial charge in [0.05, 0.1) is 17.0 Å². The Balaban J connectivity index is 1.88. The van der Waals surface area contributed by atoms with Crippen LogP contribution in [-0.4, -0.2) is 25.5 Å². The third-order valence-electron chi connectivity index (χ3n) is 4.46. The smallest absolute Gasteiger partial charge is 0.320 e. The van der Waals surface area contributed by atoms with Crippen molar-refractivity contribution in [2.24, 2.45) is 0 Å². The van der Waals surface area contributed by atoms with Crippen LogP contribution in [0.1, 0.15) is 21.7 Å². The number of hydrogen-bond donors (Lipinski definition) is 2. The second kappa shape index (κ2) is 7.14. The van der Waals surface area contributed by atoms with Crippen molar-refractivity contribution in [3.05, 3.63) is 82.0 Å². The highest BCUT2D eigenvalue weighted by Gasteiger charge is 2.34. The molecule has 0 unspecified atom stereocenters. The van der Waals surface area contributed by atoms with Crippen molar-refractivity contribution in [2.75, 3.05) is 5.32 Å². The fourth-order valence-electron chi connectivity index (χ4n) is 3.15. The van der Waals surface area contributed by atoms with Gasteiger partial charge in [0.2, 0.25) is 11.1 Å². The number of imidazole rings is 1. The normalized spacial score (nSPS) is 11.6. The van der Waals surface area contributed by atoms with E-state index in [9.17, 15) is 22.8 Å². The molecule has 30 heavy (non-hydrogen) atoms. The molecule has 4 aromatic rings. The summed E-state index contributed by atoms with van der Waals surface area (Å²) in [5.74, 6) is -0.580. The van der Waals surface area contributed by atoms with Crippen molar-refractivity contribution in [2.45, 2.75) is 13.1 Å². The molecule has 0 atom stereocenters. The van der Waals surface area contributed by atoms with Crippen LogP contribution in [0.3, 0.4) is 0 Å². The zero-order valence-corrected chi connectivity index (χ0v) is 15.5. The van der Waals surface area contributed by atoms with Crippen molar-refractivity contribution in [1.29, 1.82) is 0 Å². The van der Waals surface area contributed by atoms with Crippen molar-refractivity contribution in [3.8, 4) is 11.3 Å². The van der Waals surface area contributed by atoms with Crippen molar-refractivity contribution < 1.29 is 18.0 Å². The number of pyridine rings is 1. The average molecular weight is 413 g/mol. The van der Waals surface area contributed by atoms with E-state index in [4.69, 9.17) is 0 Å². The predicted molar refractivity (Wildman–Crippen MR) is 103 cm³/mol. The van der Waals surface area contributed by atoms with Gasteiger partial charge in [0.1, 0.15) is 0 Å². The summed E-state index contributed by atoms with van der Waals surface area (Å²) in [4.78, 5) is 33.3. The van der Waals surface area contributed by atoms with Crippen molar-refractivity contribution in [1.82, 2.24) is 19.6 Å². The van der Waals surface area contributed by atoms with E-state index < -0.39 is 23.1 Å². The molecule has 0 aliphatic heterocycles. The monoisotopic (exact) mass is 413 g/mol. The number of halogens is 3. The van der Waals surface area contributed by atoms with Crippen LogP contribution in [0.15, 0.2) is 59.7 Å². The molecule has 152 valence electrons. The lowest BCUT2D eigenvalue weighted by Crippen LogP contribution is -2.19. The van der Waals surface area contributed by atoms with Gasteiger partial charge in [-0.2, -0.15) is 13.2 Å². The van der Waals surface area contributed by atoms with Crippen LogP contribution in [0.25, 0.3) is 16.9 Å². The lowest BCUT2D eigenvalue weighted by molar-refractivity contribution is -0.137. The SMILES string of the molecule is Cc1nc2c(=O)cc(-c3ccccc3C(F)(F)F)[nH]n2c1C(=O)Nc1ccncc1. The van der Waals surface area contributed by atoms with Crippen LogP contribution in [0.2, 0.25) is 0 Å². The molecule has 2 N–H and O–H groups in total. The Kier molecular flexibility index (Phi) is 4.61. The van der Waals surface area contributed by atoms with Gasteiger partial charge in [0.15, 0.2) is 5.69 Å². The number of aryl methyl sites for hydroxylation is 1. The second-order valence-electron chi connectivity index (χ2n) is 6.47. The third kappa shape index (κ3) is 3.43. The van der Waals surface area contributed by atoms with E-state index in [0.717, 1.165) is 16.6 Å². The van der Waals surface area contributed by atoms with Crippen LogP contribution in [0.5, 0.6) is 0 Å². The van der Waals surface area contributed by atoms with Gasteiger partial charge < -0.3 is 5.32 Å². The second-order valence-corrected chi connectivity index (χ2v) is 6.47. The molecule has 0 radical (unpaired) electrons. The first-order valence-corrected chi connectivity index (χ1v) is 8.76. The molecule has 3 aromatic heterocycles. The van der Waals surface area contributed by atoms with Gasteiger partial charge in [0, 0.05) is 29.7 Å². The lowest BCUT2D eigenvalue weighted by Gasteiger charge is -2.13. The van der Waals surface area contributed by atoms with Gasteiger partial charge in [-0.05, 0) is 25.1 Å². The number of aromatic amines is 1. The van der Waals surface area contributed by atoms with E-state index in [1.54, 1.807) is 12.1 Å². The molecule has 1 aromatic carbocycles. The molecule has 7 nitrogen and oxygen atoms in total. The number of hydrogen-bond acceptors (Lipinski definition) is 4. The highest BCUT2D eigenvalue weighted by molar-refractivity contribution is 6.04. The van der Waals surface area contributed by atoms with Crippen LogP contribution in [0, 0.1) is 6.92 Å². The van der Waals surface area contributed by atoms with Crippen molar-refractivity contribution in [3.63, 3.8) is 0 Å². The number of amides is 1. The Morgan fingerprint density at radius 2 is 1.83 bits per heavy atom. The number of aromatic nitrogens is 4. The maximum atomic E-state index is 13.4. The standard InChI is InChI=1S/C20H14F3N5O2/c1-11-17(19(30)26-12-6-8-24-9-7-12)28-18(25-11)16(29)10-15(27-28)13-4-2-3-5-14(13)20(21,22)23/h2-10,27H,1H3,(H,24,26,30). The molecule has 10 heteroatoms. The van der Waals surface area contributed by atoms with Gasteiger partial charge in [-0.3, -0.25) is 19.7 Å². The molecule has 0 aliphatic carbocycles. The van der Waals surface area contributed by atoms with Crippen LogP contribution in [0.4, 0.5) is 18.9 Å². The highest BCUT2D eigenvalue weighted by atomic mass is 19.4. The minimum absolute atomic E-state index is 0.00486. The van der Waals surface area contributed by atoms with E-state index in [1.807, 2.05) is 0 Å². The summed E-state index contributed by atoms with van der Waals surface area (Å²) in [6.45, 7) is 1.53. The largest absolute Gasteiger partial charge is 0.417 e. The summed E-state index contributed by atoms with van der Waals surface area (Å²) < 4.78 is 41.4. The minimum Gasteiger partial charge on any atom is -0.320 e. The fraction of sp³-hybridized carbons (Fsp3) is 0.100. The third-order valence-corrected chi connectivity index (χ3v) is 4.46. The first-order chi connectivity index (χ1) is 14.3. The number of nitrogens with one attached hydrogen (secondary N) is 2. The molecule has 3 heterocycles. The van der Waals surface area contributed by atoms with E-state index in [1.165, 1.54) is 37.5 Å².